The van der Waals surface area contributed by atoms with Gasteiger partial charge in [0.25, 0.3) is 0 Å². The number of hydrogen-bond acceptors (Lipinski definition) is 5. The maximum absolute atomic E-state index is 10.7. The molecule has 1 aromatic carbocycles. The zero-order valence-electron chi connectivity index (χ0n) is 10.4. The average molecular weight is 254 g/mol. The molecule has 0 saturated carbocycles. The number of aliphatic hydroxyl groups excluding tert-OH is 2. The van der Waals surface area contributed by atoms with E-state index in [1.54, 1.807) is 18.2 Å². The van der Waals surface area contributed by atoms with E-state index >= 15 is 0 Å². The summed E-state index contributed by atoms with van der Waals surface area (Å²) < 4.78 is 4.99. The molecule has 0 bridgehead atoms. The van der Waals surface area contributed by atoms with Crippen LogP contribution >= 0.6 is 0 Å². The highest BCUT2D eigenvalue weighted by atomic mass is 16.5. The lowest BCUT2D eigenvalue weighted by atomic mass is 10.0. The number of nitrogens with one attached hydrogen (secondary N) is 1. The molecule has 0 aromatic heterocycles. The van der Waals surface area contributed by atoms with Crippen LogP contribution in [0.15, 0.2) is 18.2 Å². The maximum atomic E-state index is 10.7. The molecule has 18 heavy (non-hydrogen) atoms. The molecule has 6 nitrogen and oxygen atoms in total. The van der Waals surface area contributed by atoms with Gasteiger partial charge in [-0.05, 0) is 6.07 Å². The zero-order chi connectivity index (χ0) is 13.7. The van der Waals surface area contributed by atoms with E-state index in [4.69, 9.17) is 10.5 Å². The van der Waals surface area contributed by atoms with E-state index in [-0.39, 0.29) is 12.5 Å². The average Bonchev–Trinajstić information content (AvgIpc) is 2.34. The minimum atomic E-state index is -1.16. The van der Waals surface area contributed by atoms with Gasteiger partial charge in [0.2, 0.25) is 5.91 Å². The number of hydrogen-bond donors (Lipinski definition) is 4. The molecule has 0 fully saturated rings. The number of carbonyl (C=O) groups is 1. The molecule has 6 heteroatoms. The number of ether oxygens (including phenoxy) is 1. The topological polar surface area (TPSA) is 105 Å². The summed E-state index contributed by atoms with van der Waals surface area (Å²) in [5.41, 5.74) is 6.47. The van der Waals surface area contributed by atoms with Gasteiger partial charge in [-0.25, -0.2) is 0 Å². The van der Waals surface area contributed by atoms with Gasteiger partial charge in [-0.2, -0.15) is 0 Å². The predicted molar refractivity (Wildman–Crippen MR) is 67.1 cm³/mol. The van der Waals surface area contributed by atoms with Crippen LogP contribution in [0.5, 0.6) is 5.75 Å². The molecule has 1 amide bonds. The van der Waals surface area contributed by atoms with Crippen molar-refractivity contribution in [1.29, 1.82) is 0 Å². The Hall–Kier alpha value is -1.79. The zero-order valence-corrected chi connectivity index (χ0v) is 10.4. The van der Waals surface area contributed by atoms with Gasteiger partial charge < -0.3 is 26.0 Å². The van der Waals surface area contributed by atoms with Crippen molar-refractivity contribution in [3.63, 3.8) is 0 Å². The van der Waals surface area contributed by atoms with Crippen LogP contribution in [0.1, 0.15) is 18.6 Å². The summed E-state index contributed by atoms with van der Waals surface area (Å²) in [4.78, 5) is 10.7. The molecule has 1 rings (SSSR count). The third-order valence-corrected chi connectivity index (χ3v) is 2.54. The number of nitrogens with two attached hydrogens (primary N) is 1. The number of anilines is 1. The van der Waals surface area contributed by atoms with E-state index in [9.17, 15) is 15.0 Å². The highest BCUT2D eigenvalue weighted by molar-refractivity contribution is 5.72. The molecular formula is C12H18N2O4. The van der Waals surface area contributed by atoms with Crippen LogP contribution < -0.4 is 15.8 Å². The normalized spacial score (nSPS) is 13.8. The smallest absolute Gasteiger partial charge is 0.216 e. The molecule has 5 N–H and O–H groups in total. The molecule has 0 spiro atoms. The van der Waals surface area contributed by atoms with E-state index in [1.165, 1.54) is 14.0 Å². The van der Waals surface area contributed by atoms with E-state index < -0.39 is 12.2 Å². The number of amides is 1. The molecule has 0 aliphatic rings. The van der Waals surface area contributed by atoms with Crippen LogP contribution in [0.2, 0.25) is 0 Å². The number of aliphatic hydroxyl groups is 2. The van der Waals surface area contributed by atoms with Crippen LogP contribution in [0, 0.1) is 0 Å². The molecule has 100 valence electrons. The van der Waals surface area contributed by atoms with Crippen molar-refractivity contribution < 1.29 is 19.7 Å². The summed E-state index contributed by atoms with van der Waals surface area (Å²) in [5, 5.41) is 22.1. The molecule has 1 aromatic rings. The van der Waals surface area contributed by atoms with Gasteiger partial charge in [-0.1, -0.05) is 6.07 Å². The van der Waals surface area contributed by atoms with E-state index in [0.29, 0.717) is 17.0 Å². The first-order valence-electron chi connectivity index (χ1n) is 5.49. The fraction of sp³-hybridized carbons (Fsp3) is 0.417. The largest absolute Gasteiger partial charge is 0.497 e. The first kappa shape index (κ1) is 14.3. The lowest BCUT2D eigenvalue weighted by molar-refractivity contribution is -0.119. The summed E-state index contributed by atoms with van der Waals surface area (Å²) in [7, 11) is 1.51. The van der Waals surface area contributed by atoms with Gasteiger partial charge in [0.05, 0.1) is 7.11 Å². The van der Waals surface area contributed by atoms with Crippen LogP contribution in [0.25, 0.3) is 0 Å². The second-order valence-electron chi connectivity index (χ2n) is 3.94. The van der Waals surface area contributed by atoms with Crippen molar-refractivity contribution >= 4 is 11.6 Å². The molecule has 0 saturated heterocycles. The number of nitrogen functional groups attached to an aromatic ring is 1. The number of benzene rings is 1. The van der Waals surface area contributed by atoms with Crippen LogP contribution in [-0.2, 0) is 4.79 Å². The Bertz CT molecular complexity index is 423. The lowest BCUT2D eigenvalue weighted by Gasteiger charge is -2.20. The van der Waals surface area contributed by atoms with Gasteiger partial charge in [-0.15, -0.1) is 0 Å². The lowest BCUT2D eigenvalue weighted by Crippen LogP contribution is -2.34. The Morgan fingerprint density at radius 1 is 1.50 bits per heavy atom. The Balaban J connectivity index is 2.76. The van der Waals surface area contributed by atoms with Gasteiger partial charge in [0.15, 0.2) is 0 Å². The minimum Gasteiger partial charge on any atom is -0.497 e. The Morgan fingerprint density at radius 2 is 2.17 bits per heavy atom. The molecule has 0 radical (unpaired) electrons. The Morgan fingerprint density at radius 3 is 2.67 bits per heavy atom. The fourth-order valence-corrected chi connectivity index (χ4v) is 1.52. The van der Waals surface area contributed by atoms with Crippen molar-refractivity contribution in [1.82, 2.24) is 5.32 Å². The minimum absolute atomic E-state index is 0.0397. The third-order valence-electron chi connectivity index (χ3n) is 2.54. The van der Waals surface area contributed by atoms with Crippen LogP contribution in [-0.4, -0.2) is 35.9 Å². The van der Waals surface area contributed by atoms with E-state index in [0.717, 1.165) is 0 Å². The molecule has 0 aliphatic carbocycles. The third kappa shape index (κ3) is 3.61. The Kier molecular flexibility index (Phi) is 4.94. The quantitative estimate of drug-likeness (QED) is 0.545. The monoisotopic (exact) mass is 254 g/mol. The second-order valence-corrected chi connectivity index (χ2v) is 3.94. The standard InChI is InChI=1S/C12H18N2O4/c1-7(15)14-6-11(16)12(17)9-4-3-8(18-2)5-10(9)13/h3-5,11-12,16-17H,6,13H2,1-2H3,(H,14,15). The number of carbonyl (C=O) groups excluding carboxylic acids is 1. The first-order chi connectivity index (χ1) is 8.45. The maximum Gasteiger partial charge on any atom is 0.216 e. The number of rotatable bonds is 5. The molecule has 2 atom stereocenters. The molecule has 0 aliphatic heterocycles. The highest BCUT2D eigenvalue weighted by Gasteiger charge is 2.20. The second kappa shape index (κ2) is 6.23. The molecular weight excluding hydrogens is 236 g/mol. The summed E-state index contributed by atoms with van der Waals surface area (Å²) in [5.74, 6) is 0.295. The summed E-state index contributed by atoms with van der Waals surface area (Å²) in [6.45, 7) is 1.29. The first-order valence-corrected chi connectivity index (χ1v) is 5.49. The van der Waals surface area contributed by atoms with Gasteiger partial charge in [0.1, 0.15) is 18.0 Å². The molecule has 2 unspecified atom stereocenters. The summed E-state index contributed by atoms with van der Waals surface area (Å²) >= 11 is 0. The predicted octanol–water partition coefficient (Wildman–Crippen LogP) is -0.192. The van der Waals surface area contributed by atoms with Crippen molar-refractivity contribution in [3.8, 4) is 5.75 Å². The van der Waals surface area contributed by atoms with Gasteiger partial charge in [0, 0.05) is 30.8 Å². The highest BCUT2D eigenvalue weighted by Crippen LogP contribution is 2.26. The fourth-order valence-electron chi connectivity index (χ4n) is 1.52. The van der Waals surface area contributed by atoms with Crippen molar-refractivity contribution in [3.05, 3.63) is 23.8 Å². The van der Waals surface area contributed by atoms with Gasteiger partial charge >= 0.3 is 0 Å². The van der Waals surface area contributed by atoms with E-state index in [1.807, 2.05) is 0 Å². The molecule has 0 heterocycles. The van der Waals surface area contributed by atoms with E-state index in [2.05, 4.69) is 5.32 Å². The van der Waals surface area contributed by atoms with Gasteiger partial charge in [-0.3, -0.25) is 4.79 Å². The summed E-state index contributed by atoms with van der Waals surface area (Å²) in [6.07, 6.45) is -2.28. The SMILES string of the molecule is COc1ccc(C(O)C(O)CNC(C)=O)c(N)c1. The Labute approximate surface area is 105 Å². The van der Waals surface area contributed by atoms with Crippen molar-refractivity contribution in [2.75, 3.05) is 19.4 Å². The number of methoxy groups -OCH3 is 1. The van der Waals surface area contributed by atoms with Crippen LogP contribution in [0.4, 0.5) is 5.69 Å². The van der Waals surface area contributed by atoms with Crippen molar-refractivity contribution in [2.45, 2.75) is 19.1 Å². The summed E-state index contributed by atoms with van der Waals surface area (Å²) in [6, 6.07) is 4.78. The van der Waals surface area contributed by atoms with Crippen molar-refractivity contribution in [2.24, 2.45) is 0 Å². The van der Waals surface area contributed by atoms with Crippen LogP contribution in [0.3, 0.4) is 0 Å².